The number of aromatic nitrogens is 1. The van der Waals surface area contributed by atoms with E-state index < -0.39 is 22.6 Å². The van der Waals surface area contributed by atoms with E-state index >= 15 is 0 Å². The zero-order valence-corrected chi connectivity index (χ0v) is 16.9. The minimum Gasteiger partial charge on any atom is -0.454 e. The van der Waals surface area contributed by atoms with Crippen LogP contribution in [0.5, 0.6) is 0 Å². The molecule has 2 aromatic rings. The van der Waals surface area contributed by atoms with E-state index in [1.165, 1.54) is 12.1 Å². The number of ketones is 1. The SMILES string of the molecule is CCCn1c(C)cc(C(=O)COC(=O)c2cc(S(N)(=O)=O)ccc2Cl)c1C. The second-order valence-electron chi connectivity index (χ2n) is 6.12. The summed E-state index contributed by atoms with van der Waals surface area (Å²) in [4.78, 5) is 24.4. The van der Waals surface area contributed by atoms with Crippen molar-refractivity contribution in [3.63, 3.8) is 0 Å². The largest absolute Gasteiger partial charge is 0.454 e. The Morgan fingerprint density at radius 3 is 2.44 bits per heavy atom. The van der Waals surface area contributed by atoms with Gasteiger partial charge < -0.3 is 9.30 Å². The van der Waals surface area contributed by atoms with Crippen LogP contribution < -0.4 is 5.14 Å². The Morgan fingerprint density at radius 1 is 1.19 bits per heavy atom. The number of halogens is 1. The van der Waals surface area contributed by atoms with E-state index in [1.54, 1.807) is 6.07 Å². The normalized spacial score (nSPS) is 11.4. The van der Waals surface area contributed by atoms with Gasteiger partial charge in [-0.15, -0.1) is 0 Å². The molecule has 2 rings (SSSR count). The van der Waals surface area contributed by atoms with E-state index in [0.717, 1.165) is 30.4 Å². The van der Waals surface area contributed by atoms with E-state index in [4.69, 9.17) is 21.5 Å². The van der Waals surface area contributed by atoms with Crippen molar-refractivity contribution < 1.29 is 22.7 Å². The second kappa shape index (κ2) is 8.24. The van der Waals surface area contributed by atoms with Crippen molar-refractivity contribution in [2.24, 2.45) is 5.14 Å². The van der Waals surface area contributed by atoms with Crippen LogP contribution in [0.2, 0.25) is 5.02 Å². The van der Waals surface area contributed by atoms with Gasteiger partial charge in [0.2, 0.25) is 15.8 Å². The van der Waals surface area contributed by atoms with E-state index in [9.17, 15) is 18.0 Å². The van der Waals surface area contributed by atoms with E-state index in [-0.39, 0.29) is 21.3 Å². The van der Waals surface area contributed by atoms with Crippen molar-refractivity contribution in [2.45, 2.75) is 38.6 Å². The Hall–Kier alpha value is -2.16. The van der Waals surface area contributed by atoms with Gasteiger partial charge in [-0.3, -0.25) is 4.79 Å². The van der Waals surface area contributed by atoms with E-state index in [2.05, 4.69) is 0 Å². The first kappa shape index (κ1) is 21.1. The average molecular weight is 413 g/mol. The number of nitrogens with two attached hydrogens (primary N) is 1. The van der Waals surface area contributed by atoms with Crippen molar-refractivity contribution in [2.75, 3.05) is 6.61 Å². The van der Waals surface area contributed by atoms with Gasteiger partial charge in [0.05, 0.1) is 15.5 Å². The third kappa shape index (κ3) is 4.77. The summed E-state index contributed by atoms with van der Waals surface area (Å²) in [6.45, 7) is 6.10. The lowest BCUT2D eigenvalue weighted by molar-refractivity contribution is 0.0474. The minimum absolute atomic E-state index is 0.000901. The highest BCUT2D eigenvalue weighted by atomic mass is 35.5. The molecule has 0 aliphatic carbocycles. The lowest BCUT2D eigenvalue weighted by Gasteiger charge is -2.09. The number of sulfonamides is 1. The zero-order chi connectivity index (χ0) is 20.4. The van der Waals surface area contributed by atoms with Crippen molar-refractivity contribution in [1.29, 1.82) is 0 Å². The molecule has 1 aromatic heterocycles. The number of hydrogen-bond acceptors (Lipinski definition) is 5. The number of rotatable bonds is 7. The lowest BCUT2D eigenvalue weighted by Crippen LogP contribution is -2.17. The fraction of sp³-hybridized carbons (Fsp3) is 0.333. The molecule has 146 valence electrons. The van der Waals surface area contributed by atoms with Crippen LogP contribution in [0.25, 0.3) is 0 Å². The van der Waals surface area contributed by atoms with Gasteiger partial charge in [-0.05, 0) is 44.5 Å². The van der Waals surface area contributed by atoms with Crippen LogP contribution in [0.4, 0.5) is 0 Å². The van der Waals surface area contributed by atoms with Crippen molar-refractivity contribution in [1.82, 2.24) is 4.57 Å². The topological polar surface area (TPSA) is 108 Å². The second-order valence-corrected chi connectivity index (χ2v) is 8.09. The Morgan fingerprint density at radius 2 is 1.85 bits per heavy atom. The van der Waals surface area contributed by atoms with Gasteiger partial charge in [-0.25, -0.2) is 18.4 Å². The molecule has 1 heterocycles. The van der Waals surface area contributed by atoms with Crippen molar-refractivity contribution in [3.8, 4) is 0 Å². The van der Waals surface area contributed by atoms with Crippen LogP contribution in [-0.4, -0.2) is 31.3 Å². The number of primary sulfonamides is 1. The van der Waals surface area contributed by atoms with Crippen LogP contribution in [-0.2, 0) is 21.3 Å². The monoisotopic (exact) mass is 412 g/mol. The third-order valence-electron chi connectivity index (χ3n) is 4.14. The quantitative estimate of drug-likeness (QED) is 0.555. The molecule has 2 N–H and O–H groups in total. The number of Topliss-reactive ketones (excluding diaryl/α,β-unsaturated/α-hetero) is 1. The van der Waals surface area contributed by atoms with Gasteiger partial charge in [0.15, 0.2) is 6.61 Å². The van der Waals surface area contributed by atoms with Crippen molar-refractivity contribution in [3.05, 3.63) is 51.8 Å². The molecular formula is C18H21ClN2O5S. The zero-order valence-electron chi connectivity index (χ0n) is 15.3. The van der Waals surface area contributed by atoms with Gasteiger partial charge in [-0.1, -0.05) is 18.5 Å². The molecule has 0 saturated heterocycles. The maximum Gasteiger partial charge on any atom is 0.340 e. The Balaban J connectivity index is 2.17. The van der Waals surface area contributed by atoms with Gasteiger partial charge >= 0.3 is 5.97 Å². The molecule has 27 heavy (non-hydrogen) atoms. The number of nitrogens with zero attached hydrogens (tertiary/aromatic N) is 1. The number of benzene rings is 1. The van der Waals surface area contributed by atoms with Gasteiger partial charge in [0.1, 0.15) is 0 Å². The Bertz CT molecular complexity index is 995. The molecule has 0 aliphatic rings. The molecule has 0 spiro atoms. The number of carbonyl (C=O) groups excluding carboxylic acids is 2. The lowest BCUT2D eigenvalue weighted by atomic mass is 10.1. The summed E-state index contributed by atoms with van der Waals surface area (Å²) in [6.07, 6.45) is 0.928. The summed E-state index contributed by atoms with van der Waals surface area (Å²) < 4.78 is 29.9. The maximum atomic E-state index is 12.4. The Labute approximate surface area is 163 Å². The maximum absolute atomic E-state index is 12.4. The Kier molecular flexibility index (Phi) is 6.46. The smallest absolute Gasteiger partial charge is 0.340 e. The molecule has 1 aromatic carbocycles. The first-order valence-electron chi connectivity index (χ1n) is 8.25. The van der Waals surface area contributed by atoms with Gasteiger partial charge in [-0.2, -0.15) is 0 Å². The number of aryl methyl sites for hydroxylation is 1. The summed E-state index contributed by atoms with van der Waals surface area (Å²) in [5.74, 6) is -1.25. The fourth-order valence-electron chi connectivity index (χ4n) is 2.78. The molecule has 0 saturated carbocycles. The molecule has 0 radical (unpaired) electrons. The molecule has 0 fully saturated rings. The predicted molar refractivity (Wildman–Crippen MR) is 102 cm³/mol. The third-order valence-corrected chi connectivity index (χ3v) is 5.38. The first-order chi connectivity index (χ1) is 12.6. The first-order valence-corrected chi connectivity index (χ1v) is 10.2. The highest BCUT2D eigenvalue weighted by Gasteiger charge is 2.20. The number of carbonyl (C=O) groups is 2. The number of ether oxygens (including phenoxy) is 1. The summed E-state index contributed by atoms with van der Waals surface area (Å²) in [6, 6.07) is 5.20. The minimum atomic E-state index is -4.00. The molecule has 0 unspecified atom stereocenters. The average Bonchev–Trinajstić information content (AvgIpc) is 2.87. The van der Waals surface area contributed by atoms with E-state index in [0.29, 0.717) is 5.56 Å². The van der Waals surface area contributed by atoms with Crippen LogP contribution in [0.3, 0.4) is 0 Å². The summed E-state index contributed by atoms with van der Waals surface area (Å²) in [7, 11) is -4.00. The van der Waals surface area contributed by atoms with Crippen LogP contribution in [0, 0.1) is 13.8 Å². The molecule has 7 nitrogen and oxygen atoms in total. The highest BCUT2D eigenvalue weighted by molar-refractivity contribution is 7.89. The number of hydrogen-bond donors (Lipinski definition) is 1. The summed E-state index contributed by atoms with van der Waals surface area (Å²) in [5.41, 5.74) is 2.07. The molecule has 0 bridgehead atoms. The standard InChI is InChI=1S/C18H21ClN2O5S/c1-4-7-21-11(2)8-14(12(21)3)17(22)10-26-18(23)15-9-13(27(20,24)25)5-6-16(15)19/h5-6,8-9H,4,7,10H2,1-3H3,(H2,20,24,25). The fourth-order valence-corrected chi connectivity index (χ4v) is 3.51. The molecule has 9 heteroatoms. The number of esters is 1. The molecular weight excluding hydrogens is 392 g/mol. The van der Waals surface area contributed by atoms with Crippen molar-refractivity contribution >= 4 is 33.4 Å². The highest BCUT2D eigenvalue weighted by Crippen LogP contribution is 2.21. The van der Waals surface area contributed by atoms with Crippen LogP contribution >= 0.6 is 11.6 Å². The molecule has 0 aliphatic heterocycles. The summed E-state index contributed by atoms with van der Waals surface area (Å²) in [5, 5.41) is 5.05. The van der Waals surface area contributed by atoms with Crippen LogP contribution in [0.1, 0.15) is 45.4 Å². The summed E-state index contributed by atoms with van der Waals surface area (Å²) >= 11 is 5.93. The predicted octanol–water partition coefficient (Wildman–Crippen LogP) is 2.86. The molecule has 0 amide bonds. The van der Waals surface area contributed by atoms with Gasteiger partial charge in [0, 0.05) is 23.5 Å². The van der Waals surface area contributed by atoms with Gasteiger partial charge in [0.25, 0.3) is 0 Å². The molecule has 0 atom stereocenters. The van der Waals surface area contributed by atoms with Crippen LogP contribution in [0.15, 0.2) is 29.2 Å². The van der Waals surface area contributed by atoms with E-state index in [1.807, 2.05) is 25.3 Å².